The Bertz CT molecular complexity index is 381. The van der Waals surface area contributed by atoms with Gasteiger partial charge in [0.25, 0.3) is 0 Å². The summed E-state index contributed by atoms with van der Waals surface area (Å²) < 4.78 is 25.8. The molecule has 0 aromatic rings. The number of aliphatic hydroxyl groups is 1. The Morgan fingerprint density at radius 2 is 1.88 bits per heavy atom. The molecule has 7 heteroatoms. The quantitative estimate of drug-likeness (QED) is 0.642. The molecule has 3 atom stereocenters. The van der Waals surface area contributed by atoms with Gasteiger partial charge in [-0.3, -0.25) is 4.79 Å². The third-order valence-electron chi connectivity index (χ3n) is 3.14. The van der Waals surface area contributed by atoms with Crippen molar-refractivity contribution in [1.29, 1.82) is 0 Å². The van der Waals surface area contributed by atoms with Gasteiger partial charge >= 0.3 is 11.9 Å². The van der Waals surface area contributed by atoms with E-state index in [1.54, 1.807) is 0 Å². The first-order valence-electron chi connectivity index (χ1n) is 4.81. The van der Waals surface area contributed by atoms with Gasteiger partial charge in [0.1, 0.15) is 0 Å². The van der Waals surface area contributed by atoms with Gasteiger partial charge in [-0.15, -0.1) is 0 Å². The molecule has 1 aliphatic rings. The van der Waals surface area contributed by atoms with Crippen molar-refractivity contribution in [2.45, 2.75) is 25.4 Å². The average Bonchev–Trinajstić information content (AvgIpc) is 2.16. The summed E-state index contributed by atoms with van der Waals surface area (Å²) in [4.78, 5) is 21.9. The topological polar surface area (TPSA) is 94.8 Å². The Labute approximate surface area is 95.4 Å². The molecule has 1 rings (SSSR count). The number of hydrogen-bond donors (Lipinski definition) is 3. The standard InChI is InChI=1S/C10H12F2O5/c1-9(7(13)14)3-2-4-10(17,8(15)16)5(9)6(11)12/h2-3,5-6,17H,4H2,1H3,(H,13,14)(H,15,16). The highest BCUT2D eigenvalue weighted by Gasteiger charge is 2.60. The van der Waals surface area contributed by atoms with Gasteiger partial charge in [-0.2, -0.15) is 0 Å². The third kappa shape index (κ3) is 1.90. The SMILES string of the molecule is CC1(C(=O)O)C=CCC(O)(C(=O)O)C1C(F)F. The number of alkyl halides is 2. The summed E-state index contributed by atoms with van der Waals surface area (Å²) in [6, 6.07) is 0. The molecule has 0 heterocycles. The number of aliphatic carboxylic acids is 2. The zero-order valence-corrected chi connectivity index (χ0v) is 8.93. The highest BCUT2D eigenvalue weighted by atomic mass is 19.3. The number of carboxylic acid groups (broad SMARTS) is 2. The van der Waals surface area contributed by atoms with Crippen molar-refractivity contribution in [3.63, 3.8) is 0 Å². The highest BCUT2D eigenvalue weighted by molar-refractivity contribution is 5.83. The molecule has 3 unspecified atom stereocenters. The van der Waals surface area contributed by atoms with Crippen molar-refractivity contribution < 1.29 is 33.7 Å². The largest absolute Gasteiger partial charge is 0.481 e. The molecule has 1 aliphatic carbocycles. The summed E-state index contributed by atoms with van der Waals surface area (Å²) >= 11 is 0. The molecule has 3 N–H and O–H groups in total. The van der Waals surface area contributed by atoms with Gasteiger partial charge in [0, 0.05) is 6.42 Å². The second kappa shape index (κ2) is 4.06. The summed E-state index contributed by atoms with van der Waals surface area (Å²) in [6.07, 6.45) is -1.70. The summed E-state index contributed by atoms with van der Waals surface area (Å²) in [5, 5.41) is 27.5. The molecule has 0 aromatic carbocycles. The normalized spacial score (nSPS) is 37.1. The van der Waals surface area contributed by atoms with Crippen molar-refractivity contribution in [3.8, 4) is 0 Å². The van der Waals surface area contributed by atoms with E-state index >= 15 is 0 Å². The van der Waals surface area contributed by atoms with Gasteiger partial charge in [-0.05, 0) is 6.92 Å². The lowest BCUT2D eigenvalue weighted by molar-refractivity contribution is -0.190. The average molecular weight is 250 g/mol. The van der Waals surface area contributed by atoms with E-state index in [1.807, 2.05) is 0 Å². The fraction of sp³-hybridized carbons (Fsp3) is 0.600. The predicted octanol–water partition coefficient (Wildman–Crippen LogP) is 0.734. The van der Waals surface area contributed by atoms with E-state index in [0.29, 0.717) is 0 Å². The van der Waals surface area contributed by atoms with Crippen LogP contribution in [0.15, 0.2) is 12.2 Å². The Kier molecular flexibility index (Phi) is 3.24. The van der Waals surface area contributed by atoms with Gasteiger partial charge in [-0.25, -0.2) is 13.6 Å². The maximum absolute atomic E-state index is 12.9. The van der Waals surface area contributed by atoms with Crippen molar-refractivity contribution in [3.05, 3.63) is 12.2 Å². The monoisotopic (exact) mass is 250 g/mol. The van der Waals surface area contributed by atoms with Gasteiger partial charge in [-0.1, -0.05) is 12.2 Å². The first-order valence-corrected chi connectivity index (χ1v) is 4.81. The van der Waals surface area contributed by atoms with Crippen LogP contribution in [0.3, 0.4) is 0 Å². The van der Waals surface area contributed by atoms with Crippen molar-refractivity contribution >= 4 is 11.9 Å². The van der Waals surface area contributed by atoms with Gasteiger partial charge in [0.2, 0.25) is 6.43 Å². The lowest BCUT2D eigenvalue weighted by Crippen LogP contribution is -2.58. The zero-order chi connectivity index (χ0) is 13.4. The molecule has 17 heavy (non-hydrogen) atoms. The van der Waals surface area contributed by atoms with Crippen LogP contribution >= 0.6 is 0 Å². The summed E-state index contributed by atoms with van der Waals surface area (Å²) in [5.74, 6) is -5.65. The third-order valence-corrected chi connectivity index (χ3v) is 3.14. The van der Waals surface area contributed by atoms with Gasteiger partial charge < -0.3 is 15.3 Å². The van der Waals surface area contributed by atoms with Crippen LogP contribution in [0, 0.1) is 11.3 Å². The molecule has 0 fully saturated rings. The molecule has 0 saturated heterocycles. The maximum atomic E-state index is 12.9. The lowest BCUT2D eigenvalue weighted by atomic mass is 9.64. The number of rotatable bonds is 3. The van der Waals surface area contributed by atoms with Crippen LogP contribution in [0.5, 0.6) is 0 Å². The van der Waals surface area contributed by atoms with Gasteiger partial charge in [0.05, 0.1) is 11.3 Å². The minimum atomic E-state index is -3.26. The van der Waals surface area contributed by atoms with E-state index in [-0.39, 0.29) is 0 Å². The number of hydrogen-bond acceptors (Lipinski definition) is 3. The fourth-order valence-corrected chi connectivity index (χ4v) is 2.10. The van der Waals surface area contributed by atoms with E-state index in [9.17, 15) is 23.5 Å². The molecule has 0 saturated carbocycles. The van der Waals surface area contributed by atoms with E-state index in [2.05, 4.69) is 0 Å². The van der Waals surface area contributed by atoms with Crippen LogP contribution < -0.4 is 0 Å². The molecular weight excluding hydrogens is 238 g/mol. The molecule has 0 amide bonds. The number of carboxylic acids is 2. The Balaban J connectivity index is 3.37. The summed E-state index contributed by atoms with van der Waals surface area (Å²) in [5.41, 5.74) is -4.88. The summed E-state index contributed by atoms with van der Waals surface area (Å²) in [7, 11) is 0. The number of carbonyl (C=O) groups is 2. The van der Waals surface area contributed by atoms with Crippen molar-refractivity contribution in [2.75, 3.05) is 0 Å². The predicted molar refractivity (Wildman–Crippen MR) is 51.6 cm³/mol. The Hall–Kier alpha value is -1.50. The molecule has 0 spiro atoms. The van der Waals surface area contributed by atoms with Gasteiger partial charge in [0.15, 0.2) is 5.60 Å². The van der Waals surface area contributed by atoms with E-state index in [0.717, 1.165) is 19.1 Å². The molecular formula is C10H12F2O5. The van der Waals surface area contributed by atoms with E-state index in [4.69, 9.17) is 10.2 Å². The number of halogens is 2. The maximum Gasteiger partial charge on any atom is 0.336 e. The van der Waals surface area contributed by atoms with Crippen LogP contribution in [0.1, 0.15) is 13.3 Å². The van der Waals surface area contributed by atoms with Crippen LogP contribution in [0.2, 0.25) is 0 Å². The molecule has 96 valence electrons. The highest BCUT2D eigenvalue weighted by Crippen LogP contribution is 2.46. The molecule has 0 aliphatic heterocycles. The van der Waals surface area contributed by atoms with E-state index in [1.165, 1.54) is 0 Å². The second-order valence-electron chi connectivity index (χ2n) is 4.24. The van der Waals surface area contributed by atoms with Crippen LogP contribution in [-0.2, 0) is 9.59 Å². The van der Waals surface area contributed by atoms with Crippen LogP contribution in [0.25, 0.3) is 0 Å². The second-order valence-corrected chi connectivity index (χ2v) is 4.24. The van der Waals surface area contributed by atoms with Crippen molar-refractivity contribution in [1.82, 2.24) is 0 Å². The lowest BCUT2D eigenvalue weighted by Gasteiger charge is -2.42. The molecule has 5 nitrogen and oxygen atoms in total. The van der Waals surface area contributed by atoms with E-state index < -0.39 is 41.7 Å². The molecule has 0 aromatic heterocycles. The Morgan fingerprint density at radius 3 is 2.24 bits per heavy atom. The minimum absolute atomic E-state index is 0.541. The fourth-order valence-electron chi connectivity index (χ4n) is 2.10. The first kappa shape index (κ1) is 13.6. The molecule has 0 bridgehead atoms. The molecule has 0 radical (unpaired) electrons. The Morgan fingerprint density at radius 1 is 1.35 bits per heavy atom. The smallest absolute Gasteiger partial charge is 0.336 e. The zero-order valence-electron chi connectivity index (χ0n) is 8.93. The summed E-state index contributed by atoms with van der Waals surface area (Å²) in [6.45, 7) is 0.968. The van der Waals surface area contributed by atoms with Crippen molar-refractivity contribution in [2.24, 2.45) is 11.3 Å². The minimum Gasteiger partial charge on any atom is -0.481 e. The first-order chi connectivity index (χ1) is 7.66. The van der Waals surface area contributed by atoms with Crippen LogP contribution in [-0.4, -0.2) is 39.3 Å². The van der Waals surface area contributed by atoms with Crippen LogP contribution in [0.4, 0.5) is 8.78 Å².